The number of benzene rings is 1. The van der Waals surface area contributed by atoms with Gasteiger partial charge in [0.05, 0.1) is 5.75 Å². The maximum absolute atomic E-state index is 5.19. The third-order valence-corrected chi connectivity index (χ3v) is 4.12. The van der Waals surface area contributed by atoms with Gasteiger partial charge in [0, 0.05) is 17.4 Å². The number of nitrogens with one attached hydrogen (secondary N) is 1. The molecular formula is C15H21N3OS. The van der Waals surface area contributed by atoms with Crippen LogP contribution in [0.3, 0.4) is 0 Å². The van der Waals surface area contributed by atoms with Crippen LogP contribution in [0.25, 0.3) is 0 Å². The molecule has 108 valence electrons. The van der Waals surface area contributed by atoms with Crippen LogP contribution in [-0.4, -0.2) is 17.2 Å². The van der Waals surface area contributed by atoms with Crippen molar-refractivity contribution in [1.82, 2.24) is 15.5 Å². The van der Waals surface area contributed by atoms with Crippen molar-refractivity contribution in [1.29, 1.82) is 0 Å². The van der Waals surface area contributed by atoms with Gasteiger partial charge in [-0.05, 0) is 38.1 Å². The molecule has 1 unspecified atom stereocenters. The molecule has 0 aliphatic heterocycles. The van der Waals surface area contributed by atoms with Crippen molar-refractivity contribution in [3.8, 4) is 0 Å². The second-order valence-electron chi connectivity index (χ2n) is 4.73. The molecule has 0 aliphatic carbocycles. The molecule has 1 aromatic carbocycles. The highest BCUT2D eigenvalue weighted by Crippen LogP contribution is 2.24. The van der Waals surface area contributed by atoms with Crippen LogP contribution in [0, 0.1) is 0 Å². The first-order valence-electron chi connectivity index (χ1n) is 6.94. The maximum Gasteiger partial charge on any atom is 0.226 e. The highest BCUT2D eigenvalue weighted by Gasteiger charge is 2.07. The molecule has 1 heterocycles. The van der Waals surface area contributed by atoms with Crippen molar-refractivity contribution in [3.63, 3.8) is 0 Å². The fraction of sp³-hybridized carbons (Fsp3) is 0.467. The van der Waals surface area contributed by atoms with Gasteiger partial charge < -0.3 is 9.84 Å². The molecule has 0 saturated heterocycles. The quantitative estimate of drug-likeness (QED) is 0.790. The number of aromatic nitrogens is 2. The van der Waals surface area contributed by atoms with Gasteiger partial charge in [-0.25, -0.2) is 0 Å². The van der Waals surface area contributed by atoms with E-state index in [-0.39, 0.29) is 0 Å². The van der Waals surface area contributed by atoms with E-state index in [4.69, 9.17) is 4.52 Å². The van der Waals surface area contributed by atoms with Crippen LogP contribution in [0.15, 0.2) is 33.7 Å². The number of hydrogen-bond acceptors (Lipinski definition) is 5. The molecule has 0 spiro atoms. The summed E-state index contributed by atoms with van der Waals surface area (Å²) in [5.41, 5.74) is 1.29. The van der Waals surface area contributed by atoms with Crippen molar-refractivity contribution in [2.24, 2.45) is 0 Å². The summed E-state index contributed by atoms with van der Waals surface area (Å²) in [4.78, 5) is 5.61. The summed E-state index contributed by atoms with van der Waals surface area (Å²) >= 11 is 1.73. The van der Waals surface area contributed by atoms with E-state index < -0.39 is 0 Å². The second-order valence-corrected chi connectivity index (χ2v) is 5.77. The zero-order chi connectivity index (χ0) is 14.4. The Labute approximate surface area is 124 Å². The minimum atomic E-state index is 0.358. The third-order valence-electron chi connectivity index (χ3n) is 3.13. The van der Waals surface area contributed by atoms with Crippen LogP contribution in [0.2, 0.25) is 0 Å². The SMILES string of the molecule is CCCc1nc(CSc2cccc(C(C)NC)c2)no1. The summed E-state index contributed by atoms with van der Waals surface area (Å²) in [6.45, 7) is 4.26. The smallest absolute Gasteiger partial charge is 0.226 e. The molecule has 1 aromatic heterocycles. The predicted molar refractivity (Wildman–Crippen MR) is 81.8 cm³/mol. The molecule has 1 atom stereocenters. The summed E-state index contributed by atoms with van der Waals surface area (Å²) in [5, 5.41) is 7.25. The van der Waals surface area contributed by atoms with Crippen molar-refractivity contribution < 1.29 is 4.52 Å². The number of aryl methyl sites for hydroxylation is 1. The lowest BCUT2D eigenvalue weighted by Crippen LogP contribution is -2.11. The van der Waals surface area contributed by atoms with Crippen molar-refractivity contribution >= 4 is 11.8 Å². The van der Waals surface area contributed by atoms with Gasteiger partial charge >= 0.3 is 0 Å². The summed E-state index contributed by atoms with van der Waals surface area (Å²) in [6.07, 6.45) is 1.88. The third kappa shape index (κ3) is 4.08. The van der Waals surface area contributed by atoms with Crippen molar-refractivity contribution in [2.45, 2.75) is 43.4 Å². The molecule has 0 aliphatic rings. The monoisotopic (exact) mass is 291 g/mol. The highest BCUT2D eigenvalue weighted by molar-refractivity contribution is 7.98. The van der Waals surface area contributed by atoms with Crippen LogP contribution >= 0.6 is 11.8 Å². The molecule has 0 amide bonds. The Bertz CT molecular complexity index is 541. The number of thioether (sulfide) groups is 1. The minimum absolute atomic E-state index is 0.358. The van der Waals surface area contributed by atoms with E-state index in [0.717, 1.165) is 30.3 Å². The average Bonchev–Trinajstić information content (AvgIpc) is 2.93. The van der Waals surface area contributed by atoms with Gasteiger partial charge in [0.25, 0.3) is 0 Å². The first-order valence-corrected chi connectivity index (χ1v) is 7.93. The van der Waals surface area contributed by atoms with Gasteiger partial charge in [0.15, 0.2) is 5.82 Å². The molecular weight excluding hydrogens is 270 g/mol. The van der Waals surface area contributed by atoms with Gasteiger partial charge in [-0.15, -0.1) is 11.8 Å². The molecule has 4 nitrogen and oxygen atoms in total. The Hall–Kier alpha value is -1.33. The first-order chi connectivity index (χ1) is 9.72. The van der Waals surface area contributed by atoms with E-state index in [0.29, 0.717) is 6.04 Å². The molecule has 1 N–H and O–H groups in total. The van der Waals surface area contributed by atoms with E-state index in [1.807, 2.05) is 7.05 Å². The maximum atomic E-state index is 5.19. The Balaban J connectivity index is 1.96. The predicted octanol–water partition coefficient (Wildman–Crippen LogP) is 3.59. The van der Waals surface area contributed by atoms with E-state index in [1.165, 1.54) is 10.5 Å². The van der Waals surface area contributed by atoms with E-state index >= 15 is 0 Å². The van der Waals surface area contributed by atoms with Crippen LogP contribution in [0.4, 0.5) is 0 Å². The van der Waals surface area contributed by atoms with Crippen LogP contribution < -0.4 is 5.32 Å². The highest BCUT2D eigenvalue weighted by atomic mass is 32.2. The number of hydrogen-bond donors (Lipinski definition) is 1. The lowest BCUT2D eigenvalue weighted by atomic mass is 10.1. The summed E-state index contributed by atoms with van der Waals surface area (Å²) < 4.78 is 5.19. The van der Waals surface area contributed by atoms with Crippen molar-refractivity contribution in [3.05, 3.63) is 41.5 Å². The summed E-state index contributed by atoms with van der Waals surface area (Å²) in [7, 11) is 1.97. The van der Waals surface area contributed by atoms with Gasteiger partial charge in [0.2, 0.25) is 5.89 Å². The van der Waals surface area contributed by atoms with Crippen LogP contribution in [-0.2, 0) is 12.2 Å². The Morgan fingerprint density at radius 2 is 2.25 bits per heavy atom. The molecule has 20 heavy (non-hydrogen) atoms. The molecule has 2 rings (SSSR count). The number of rotatable bonds is 7. The Morgan fingerprint density at radius 3 is 3.00 bits per heavy atom. The average molecular weight is 291 g/mol. The normalized spacial score (nSPS) is 12.6. The zero-order valence-electron chi connectivity index (χ0n) is 12.2. The molecule has 2 aromatic rings. The minimum Gasteiger partial charge on any atom is -0.339 e. The molecule has 0 radical (unpaired) electrons. The van der Waals surface area contributed by atoms with Gasteiger partial charge in [0.1, 0.15) is 0 Å². The number of nitrogens with zero attached hydrogens (tertiary/aromatic N) is 2. The largest absolute Gasteiger partial charge is 0.339 e. The second kappa shape index (κ2) is 7.45. The van der Waals surface area contributed by atoms with E-state index in [2.05, 4.69) is 53.6 Å². The van der Waals surface area contributed by atoms with E-state index in [9.17, 15) is 0 Å². The fourth-order valence-corrected chi connectivity index (χ4v) is 2.66. The lowest BCUT2D eigenvalue weighted by molar-refractivity contribution is 0.373. The van der Waals surface area contributed by atoms with Crippen molar-refractivity contribution in [2.75, 3.05) is 7.05 Å². The summed E-state index contributed by atoms with van der Waals surface area (Å²) in [5.74, 6) is 2.25. The molecule has 0 saturated carbocycles. The Morgan fingerprint density at radius 1 is 1.40 bits per heavy atom. The molecule has 0 bridgehead atoms. The Kier molecular flexibility index (Phi) is 5.61. The lowest BCUT2D eigenvalue weighted by Gasteiger charge is -2.11. The molecule has 5 heteroatoms. The van der Waals surface area contributed by atoms with Gasteiger partial charge in [-0.2, -0.15) is 4.98 Å². The first kappa shape index (κ1) is 15.1. The van der Waals surface area contributed by atoms with Crippen LogP contribution in [0.1, 0.15) is 43.6 Å². The summed E-state index contributed by atoms with van der Waals surface area (Å²) in [6, 6.07) is 8.91. The van der Waals surface area contributed by atoms with Gasteiger partial charge in [-0.3, -0.25) is 0 Å². The van der Waals surface area contributed by atoms with Gasteiger partial charge in [-0.1, -0.05) is 24.2 Å². The standard InChI is InChI=1S/C15H21N3OS/c1-4-6-15-17-14(18-19-15)10-20-13-8-5-7-12(9-13)11(2)16-3/h5,7-9,11,16H,4,6,10H2,1-3H3. The van der Waals surface area contributed by atoms with E-state index in [1.54, 1.807) is 11.8 Å². The zero-order valence-corrected chi connectivity index (χ0v) is 13.0. The molecule has 0 fully saturated rings. The fourth-order valence-electron chi connectivity index (χ4n) is 1.85. The topological polar surface area (TPSA) is 51.0 Å². The van der Waals surface area contributed by atoms with Crippen LogP contribution in [0.5, 0.6) is 0 Å².